The van der Waals surface area contributed by atoms with E-state index in [2.05, 4.69) is 11.0 Å². The van der Waals surface area contributed by atoms with Gasteiger partial charge < -0.3 is 4.74 Å². The number of hydrogen-bond donors (Lipinski definition) is 0. The molecule has 0 bridgehead atoms. The highest BCUT2D eigenvalue weighted by molar-refractivity contribution is 8.00. The van der Waals surface area contributed by atoms with E-state index in [1.54, 1.807) is 11.8 Å². The number of ether oxygens (including phenoxy) is 1. The molecule has 0 aromatic heterocycles. The molecule has 0 aliphatic carbocycles. The largest absolute Gasteiger partial charge is 0.465 e. The van der Waals surface area contributed by atoms with Crippen LogP contribution in [-0.4, -0.2) is 48.1 Å². The van der Waals surface area contributed by atoms with Crippen LogP contribution in [0.25, 0.3) is 0 Å². The van der Waals surface area contributed by atoms with E-state index in [0.717, 1.165) is 25.9 Å². The van der Waals surface area contributed by atoms with Gasteiger partial charge in [0, 0.05) is 13.1 Å². The minimum absolute atomic E-state index is 0.170. The van der Waals surface area contributed by atoms with Crippen molar-refractivity contribution >= 4 is 17.7 Å². The lowest BCUT2D eigenvalue weighted by Crippen LogP contribution is -2.43. The van der Waals surface area contributed by atoms with Gasteiger partial charge in [-0.15, -0.1) is 11.8 Å². The Bertz CT molecular complexity index is 280. The topological polar surface area (TPSA) is 53.3 Å². The minimum Gasteiger partial charge on any atom is -0.465 e. The molecule has 0 amide bonds. The Kier molecular flexibility index (Phi) is 5.10. The summed E-state index contributed by atoms with van der Waals surface area (Å²) in [5.41, 5.74) is 0. The van der Waals surface area contributed by atoms with Crippen LogP contribution in [0.2, 0.25) is 0 Å². The Balaban J connectivity index is 2.38. The van der Waals surface area contributed by atoms with Crippen molar-refractivity contribution in [2.75, 3.05) is 32.5 Å². The summed E-state index contributed by atoms with van der Waals surface area (Å²) in [5, 5.41) is 9.11. The Labute approximate surface area is 101 Å². The molecular weight excluding hydrogens is 224 g/mol. The van der Waals surface area contributed by atoms with Crippen LogP contribution in [0.1, 0.15) is 19.8 Å². The van der Waals surface area contributed by atoms with Crippen LogP contribution < -0.4 is 0 Å². The highest BCUT2D eigenvalue weighted by Crippen LogP contribution is 2.33. The summed E-state index contributed by atoms with van der Waals surface area (Å²) < 4.78 is 4.65. The molecular formula is C11H18N2O2S. The normalized spacial score (nSPS) is 20.1. The second kappa shape index (κ2) is 6.12. The average Bonchev–Trinajstić information content (AvgIpc) is 2.31. The Morgan fingerprint density at radius 1 is 1.56 bits per heavy atom. The van der Waals surface area contributed by atoms with Crippen LogP contribution in [0.15, 0.2) is 0 Å². The van der Waals surface area contributed by atoms with Gasteiger partial charge in [0.05, 0.1) is 19.2 Å². The van der Waals surface area contributed by atoms with Crippen LogP contribution in [0, 0.1) is 11.3 Å². The molecule has 1 aliphatic rings. The van der Waals surface area contributed by atoms with E-state index < -0.39 is 0 Å². The third-order valence-electron chi connectivity index (χ3n) is 2.92. The molecule has 0 radical (unpaired) electrons. The first-order chi connectivity index (χ1) is 7.65. The quantitative estimate of drug-likeness (QED) is 0.695. The lowest BCUT2D eigenvalue weighted by atomic mass is 9.97. The van der Waals surface area contributed by atoms with Crippen molar-refractivity contribution in [1.82, 2.24) is 4.90 Å². The fraction of sp³-hybridized carbons (Fsp3) is 0.818. The van der Waals surface area contributed by atoms with Gasteiger partial charge in [-0.1, -0.05) is 0 Å². The SMILES string of the molecule is CCOC(=O)CN1CCC(C#N)(SC)CC1. The fourth-order valence-corrected chi connectivity index (χ4v) is 2.51. The highest BCUT2D eigenvalue weighted by atomic mass is 32.2. The van der Waals surface area contributed by atoms with Gasteiger partial charge in [0.2, 0.25) is 0 Å². The number of carbonyl (C=O) groups is 1. The van der Waals surface area contributed by atoms with Crippen molar-refractivity contribution in [2.24, 2.45) is 0 Å². The summed E-state index contributed by atoms with van der Waals surface area (Å²) in [7, 11) is 0. The third-order valence-corrected chi connectivity index (χ3v) is 4.20. The van der Waals surface area contributed by atoms with Crippen LogP contribution in [0.4, 0.5) is 0 Å². The number of hydrogen-bond acceptors (Lipinski definition) is 5. The molecule has 1 fully saturated rings. The van der Waals surface area contributed by atoms with Gasteiger partial charge in [0.1, 0.15) is 4.75 Å². The maximum atomic E-state index is 11.3. The van der Waals surface area contributed by atoms with E-state index in [4.69, 9.17) is 10.00 Å². The predicted octanol–water partition coefficient (Wildman–Crippen LogP) is 1.27. The first-order valence-electron chi connectivity index (χ1n) is 5.50. The number of likely N-dealkylation sites (tertiary alicyclic amines) is 1. The molecule has 5 heteroatoms. The second-order valence-electron chi connectivity index (χ2n) is 3.89. The van der Waals surface area contributed by atoms with E-state index in [1.807, 2.05) is 13.2 Å². The summed E-state index contributed by atoms with van der Waals surface area (Å²) in [6, 6.07) is 2.39. The zero-order valence-corrected chi connectivity index (χ0v) is 10.7. The van der Waals surface area contributed by atoms with Crippen LogP contribution in [0.5, 0.6) is 0 Å². The fourth-order valence-electron chi connectivity index (χ4n) is 1.82. The zero-order chi connectivity index (χ0) is 12.0. The van der Waals surface area contributed by atoms with E-state index in [0.29, 0.717) is 13.2 Å². The van der Waals surface area contributed by atoms with E-state index in [9.17, 15) is 4.79 Å². The molecule has 0 spiro atoms. The van der Waals surface area contributed by atoms with Crippen molar-refractivity contribution in [3.63, 3.8) is 0 Å². The first-order valence-corrected chi connectivity index (χ1v) is 6.72. The highest BCUT2D eigenvalue weighted by Gasteiger charge is 2.34. The van der Waals surface area contributed by atoms with Crippen molar-refractivity contribution in [1.29, 1.82) is 5.26 Å². The number of piperidine rings is 1. The predicted molar refractivity (Wildman–Crippen MR) is 64.2 cm³/mol. The Morgan fingerprint density at radius 3 is 2.62 bits per heavy atom. The molecule has 1 heterocycles. The number of nitrogens with zero attached hydrogens (tertiary/aromatic N) is 2. The van der Waals surface area contributed by atoms with Crippen LogP contribution in [0.3, 0.4) is 0 Å². The van der Waals surface area contributed by atoms with Crippen LogP contribution >= 0.6 is 11.8 Å². The summed E-state index contributed by atoms with van der Waals surface area (Å²) in [6.45, 7) is 4.19. The molecule has 0 aromatic rings. The summed E-state index contributed by atoms with van der Waals surface area (Å²) in [6.07, 6.45) is 3.62. The molecule has 90 valence electrons. The van der Waals surface area contributed by atoms with Crippen molar-refractivity contribution in [3.05, 3.63) is 0 Å². The summed E-state index contributed by atoms with van der Waals surface area (Å²) in [4.78, 5) is 13.3. The minimum atomic E-state index is -0.245. The zero-order valence-electron chi connectivity index (χ0n) is 9.86. The molecule has 1 rings (SSSR count). The third kappa shape index (κ3) is 3.39. The van der Waals surface area contributed by atoms with Crippen LogP contribution in [-0.2, 0) is 9.53 Å². The number of nitriles is 1. The lowest BCUT2D eigenvalue weighted by molar-refractivity contribution is -0.144. The van der Waals surface area contributed by atoms with Gasteiger partial charge in [-0.2, -0.15) is 5.26 Å². The molecule has 0 atom stereocenters. The van der Waals surface area contributed by atoms with Crippen molar-refractivity contribution < 1.29 is 9.53 Å². The van der Waals surface area contributed by atoms with Gasteiger partial charge in [-0.05, 0) is 26.0 Å². The number of rotatable bonds is 4. The molecule has 4 nitrogen and oxygen atoms in total. The number of thioether (sulfide) groups is 1. The average molecular weight is 242 g/mol. The van der Waals surface area contributed by atoms with E-state index in [-0.39, 0.29) is 10.7 Å². The van der Waals surface area contributed by atoms with Gasteiger partial charge in [0.25, 0.3) is 0 Å². The smallest absolute Gasteiger partial charge is 0.320 e. The molecule has 0 saturated carbocycles. The number of esters is 1. The van der Waals surface area contributed by atoms with E-state index in [1.165, 1.54) is 0 Å². The Hall–Kier alpha value is -0.730. The standard InChI is InChI=1S/C11H18N2O2S/c1-3-15-10(14)8-13-6-4-11(9-12,16-2)5-7-13/h3-8H2,1-2H3. The first kappa shape index (κ1) is 13.3. The number of carbonyl (C=O) groups excluding carboxylic acids is 1. The molecule has 0 aromatic carbocycles. The summed E-state index contributed by atoms with van der Waals surface area (Å²) in [5.74, 6) is -0.170. The van der Waals surface area contributed by atoms with E-state index >= 15 is 0 Å². The van der Waals surface area contributed by atoms with Gasteiger partial charge >= 0.3 is 5.97 Å². The molecule has 1 saturated heterocycles. The molecule has 0 N–H and O–H groups in total. The second-order valence-corrected chi connectivity index (χ2v) is 5.08. The van der Waals surface area contributed by atoms with Gasteiger partial charge in [0.15, 0.2) is 0 Å². The monoisotopic (exact) mass is 242 g/mol. The molecule has 16 heavy (non-hydrogen) atoms. The summed E-state index contributed by atoms with van der Waals surface area (Å²) >= 11 is 1.62. The van der Waals surface area contributed by atoms with Gasteiger partial charge in [-0.25, -0.2) is 0 Å². The molecule has 1 aliphatic heterocycles. The van der Waals surface area contributed by atoms with Crippen molar-refractivity contribution in [2.45, 2.75) is 24.5 Å². The van der Waals surface area contributed by atoms with Crippen molar-refractivity contribution in [3.8, 4) is 6.07 Å². The Morgan fingerprint density at radius 2 is 2.19 bits per heavy atom. The maximum Gasteiger partial charge on any atom is 0.320 e. The van der Waals surface area contributed by atoms with Gasteiger partial charge in [-0.3, -0.25) is 9.69 Å². The maximum absolute atomic E-state index is 11.3. The lowest BCUT2D eigenvalue weighted by Gasteiger charge is -2.35. The molecule has 0 unspecified atom stereocenters.